The SMILES string of the molecule is CCC(=O)c1ccc(C#N)cc1CO. The van der Waals surface area contributed by atoms with Crippen LogP contribution in [0.1, 0.15) is 34.8 Å². The molecule has 0 bridgehead atoms. The Balaban J connectivity index is 3.19. The molecule has 1 rings (SSSR count). The summed E-state index contributed by atoms with van der Waals surface area (Å²) >= 11 is 0. The molecule has 0 saturated carbocycles. The molecule has 0 spiro atoms. The van der Waals surface area contributed by atoms with E-state index in [0.717, 1.165) is 0 Å². The molecule has 0 aliphatic carbocycles. The molecule has 1 N–H and O–H groups in total. The van der Waals surface area contributed by atoms with Crippen molar-refractivity contribution >= 4 is 5.78 Å². The van der Waals surface area contributed by atoms with Gasteiger partial charge in [-0.1, -0.05) is 6.92 Å². The molecule has 0 atom stereocenters. The molecule has 1 aromatic rings. The lowest BCUT2D eigenvalue weighted by molar-refractivity contribution is 0.0985. The van der Waals surface area contributed by atoms with Crippen molar-refractivity contribution in [3.05, 3.63) is 34.9 Å². The highest BCUT2D eigenvalue weighted by atomic mass is 16.3. The van der Waals surface area contributed by atoms with Crippen LogP contribution < -0.4 is 0 Å². The topological polar surface area (TPSA) is 61.1 Å². The van der Waals surface area contributed by atoms with Crippen molar-refractivity contribution in [3.63, 3.8) is 0 Å². The molecule has 72 valence electrons. The van der Waals surface area contributed by atoms with E-state index in [9.17, 15) is 4.79 Å². The van der Waals surface area contributed by atoms with E-state index in [-0.39, 0.29) is 12.4 Å². The van der Waals surface area contributed by atoms with Gasteiger partial charge in [-0.3, -0.25) is 4.79 Å². The number of ketones is 1. The number of rotatable bonds is 3. The standard InChI is InChI=1S/C11H11NO2/c1-2-11(14)10-4-3-8(6-12)5-9(10)7-13/h3-5,13H,2,7H2,1H3. The normalized spacial score (nSPS) is 9.50. The van der Waals surface area contributed by atoms with Gasteiger partial charge in [0.1, 0.15) is 0 Å². The summed E-state index contributed by atoms with van der Waals surface area (Å²) in [5.41, 5.74) is 1.49. The number of hydrogen-bond acceptors (Lipinski definition) is 3. The maximum Gasteiger partial charge on any atom is 0.162 e. The van der Waals surface area contributed by atoms with Crippen molar-refractivity contribution in [2.45, 2.75) is 20.0 Å². The van der Waals surface area contributed by atoms with E-state index < -0.39 is 0 Å². The van der Waals surface area contributed by atoms with Gasteiger partial charge >= 0.3 is 0 Å². The summed E-state index contributed by atoms with van der Waals surface area (Å²) in [5, 5.41) is 17.6. The predicted molar refractivity (Wildman–Crippen MR) is 51.7 cm³/mol. The number of benzene rings is 1. The third-order valence-electron chi connectivity index (χ3n) is 2.03. The molecule has 0 aliphatic rings. The summed E-state index contributed by atoms with van der Waals surface area (Å²) in [6.07, 6.45) is 0.402. The maximum absolute atomic E-state index is 11.4. The Morgan fingerprint density at radius 2 is 2.29 bits per heavy atom. The summed E-state index contributed by atoms with van der Waals surface area (Å²) in [5.74, 6) is -0.0152. The average molecular weight is 189 g/mol. The first-order valence-electron chi connectivity index (χ1n) is 4.40. The fourth-order valence-corrected chi connectivity index (χ4v) is 1.26. The van der Waals surface area contributed by atoms with Crippen molar-refractivity contribution in [3.8, 4) is 6.07 Å². The Kier molecular flexibility index (Phi) is 3.38. The molecule has 0 saturated heterocycles. The third kappa shape index (κ3) is 1.98. The number of nitrogens with zero attached hydrogens (tertiary/aromatic N) is 1. The molecule has 14 heavy (non-hydrogen) atoms. The quantitative estimate of drug-likeness (QED) is 0.735. The first-order chi connectivity index (χ1) is 6.72. The molecule has 0 unspecified atom stereocenters. The largest absolute Gasteiger partial charge is 0.392 e. The second-order valence-electron chi connectivity index (χ2n) is 2.92. The Morgan fingerprint density at radius 3 is 2.79 bits per heavy atom. The van der Waals surface area contributed by atoms with Crippen molar-refractivity contribution in [2.75, 3.05) is 0 Å². The number of Topliss-reactive ketones (excluding diaryl/α,β-unsaturated/α-hetero) is 1. The summed E-state index contributed by atoms with van der Waals surface area (Å²) in [7, 11) is 0. The van der Waals surface area contributed by atoms with Crippen LogP contribution in [0, 0.1) is 11.3 Å². The minimum Gasteiger partial charge on any atom is -0.392 e. The van der Waals surface area contributed by atoms with E-state index >= 15 is 0 Å². The Bertz CT molecular complexity index is 391. The van der Waals surface area contributed by atoms with Crippen molar-refractivity contribution in [2.24, 2.45) is 0 Å². The minimum atomic E-state index is -0.212. The van der Waals surface area contributed by atoms with E-state index in [1.54, 1.807) is 25.1 Å². The van der Waals surface area contributed by atoms with Crippen LogP contribution in [0.4, 0.5) is 0 Å². The molecule has 0 fully saturated rings. The Hall–Kier alpha value is -1.66. The lowest BCUT2D eigenvalue weighted by Gasteiger charge is -2.04. The lowest BCUT2D eigenvalue weighted by atomic mass is 10.0. The second-order valence-corrected chi connectivity index (χ2v) is 2.92. The van der Waals surface area contributed by atoms with Crippen LogP contribution >= 0.6 is 0 Å². The number of aliphatic hydroxyl groups excluding tert-OH is 1. The van der Waals surface area contributed by atoms with Crippen molar-refractivity contribution < 1.29 is 9.90 Å². The van der Waals surface area contributed by atoms with Gasteiger partial charge in [0.25, 0.3) is 0 Å². The minimum absolute atomic E-state index is 0.0152. The number of hydrogen-bond donors (Lipinski definition) is 1. The van der Waals surface area contributed by atoms with Crippen LogP contribution in [0.15, 0.2) is 18.2 Å². The van der Waals surface area contributed by atoms with Crippen LogP contribution in [-0.4, -0.2) is 10.9 Å². The highest BCUT2D eigenvalue weighted by molar-refractivity contribution is 5.97. The molecule has 1 aromatic carbocycles. The number of nitriles is 1. The smallest absolute Gasteiger partial charge is 0.162 e. The zero-order valence-electron chi connectivity index (χ0n) is 7.95. The van der Waals surface area contributed by atoms with Crippen LogP contribution in [0.25, 0.3) is 0 Å². The summed E-state index contributed by atoms with van der Waals surface area (Å²) < 4.78 is 0. The van der Waals surface area contributed by atoms with Gasteiger partial charge in [-0.25, -0.2) is 0 Å². The van der Waals surface area contributed by atoms with Gasteiger partial charge in [-0.2, -0.15) is 5.26 Å². The highest BCUT2D eigenvalue weighted by Crippen LogP contribution is 2.13. The number of aliphatic hydroxyl groups is 1. The van der Waals surface area contributed by atoms with Crippen LogP contribution in [0.3, 0.4) is 0 Å². The zero-order chi connectivity index (χ0) is 10.6. The van der Waals surface area contributed by atoms with Crippen LogP contribution in [0.2, 0.25) is 0 Å². The summed E-state index contributed by atoms with van der Waals surface area (Å²) in [6.45, 7) is 1.55. The van der Waals surface area contributed by atoms with E-state index in [4.69, 9.17) is 10.4 Å². The van der Waals surface area contributed by atoms with Gasteiger partial charge < -0.3 is 5.11 Å². The predicted octanol–water partition coefficient (Wildman–Crippen LogP) is 1.64. The Labute approximate surface area is 82.6 Å². The van der Waals surface area contributed by atoms with Crippen LogP contribution in [-0.2, 0) is 6.61 Å². The molecular formula is C11H11NO2. The molecule has 0 radical (unpaired) electrons. The van der Waals surface area contributed by atoms with E-state index in [2.05, 4.69) is 0 Å². The van der Waals surface area contributed by atoms with Crippen molar-refractivity contribution in [1.82, 2.24) is 0 Å². The van der Waals surface area contributed by atoms with E-state index in [1.807, 2.05) is 6.07 Å². The Morgan fingerprint density at radius 1 is 1.57 bits per heavy atom. The molecule has 3 nitrogen and oxygen atoms in total. The van der Waals surface area contributed by atoms with Gasteiger partial charge in [0.15, 0.2) is 5.78 Å². The van der Waals surface area contributed by atoms with Gasteiger partial charge in [-0.15, -0.1) is 0 Å². The molecule has 0 aromatic heterocycles. The maximum atomic E-state index is 11.4. The molecule has 0 aliphatic heterocycles. The van der Waals surface area contributed by atoms with Gasteiger partial charge in [0, 0.05) is 12.0 Å². The molecule has 0 heterocycles. The summed E-state index contributed by atoms with van der Waals surface area (Å²) in [6, 6.07) is 6.69. The van der Waals surface area contributed by atoms with E-state index in [1.165, 1.54) is 0 Å². The van der Waals surface area contributed by atoms with E-state index in [0.29, 0.717) is 23.1 Å². The third-order valence-corrected chi connectivity index (χ3v) is 2.03. The zero-order valence-corrected chi connectivity index (χ0v) is 7.95. The number of carbonyl (C=O) groups excluding carboxylic acids is 1. The van der Waals surface area contributed by atoms with Gasteiger partial charge in [-0.05, 0) is 23.8 Å². The van der Waals surface area contributed by atoms with Gasteiger partial charge in [0.05, 0.1) is 18.2 Å². The van der Waals surface area contributed by atoms with Crippen LogP contribution in [0.5, 0.6) is 0 Å². The summed E-state index contributed by atoms with van der Waals surface area (Å²) in [4.78, 5) is 11.4. The first-order valence-corrected chi connectivity index (χ1v) is 4.40. The first kappa shape index (κ1) is 10.4. The average Bonchev–Trinajstić information content (AvgIpc) is 2.27. The second kappa shape index (κ2) is 4.54. The fourth-order valence-electron chi connectivity index (χ4n) is 1.26. The molecule has 3 heteroatoms. The lowest BCUT2D eigenvalue weighted by Crippen LogP contribution is -2.02. The molecule has 0 amide bonds. The van der Waals surface area contributed by atoms with Gasteiger partial charge in [0.2, 0.25) is 0 Å². The number of carbonyl (C=O) groups is 1. The monoisotopic (exact) mass is 189 g/mol. The fraction of sp³-hybridized carbons (Fsp3) is 0.273. The van der Waals surface area contributed by atoms with Crippen molar-refractivity contribution in [1.29, 1.82) is 5.26 Å². The molecular weight excluding hydrogens is 178 g/mol. The highest BCUT2D eigenvalue weighted by Gasteiger charge is 2.09.